The minimum absolute atomic E-state index is 0.0406. The van der Waals surface area contributed by atoms with Crippen LogP contribution in [0.25, 0.3) is 0 Å². The maximum Gasteiger partial charge on any atom is 0.326 e. The Hall–Kier alpha value is -1.85. The minimum atomic E-state index is -1.17. The van der Waals surface area contributed by atoms with Crippen LogP contribution in [-0.2, 0) is 19.2 Å². The van der Waals surface area contributed by atoms with Gasteiger partial charge in [-0.25, -0.2) is 4.79 Å². The number of amides is 3. The van der Waals surface area contributed by atoms with Crippen LogP contribution >= 0.6 is 12.6 Å². The standard InChI is InChI=1S/C14H27N5O5S/c15-6-2-1-3-9(14(23)24)18-13(22)10(7-25)19-12(21)8(16)4-5-11(17)20/h8-10,25H,1-7,15-16H2,(H2,17,20)(H,18,22)(H,19,21)(H,23,24)/t8-,9-,10-/m0/s1. The van der Waals surface area contributed by atoms with Crippen molar-refractivity contribution in [1.82, 2.24) is 10.6 Å². The van der Waals surface area contributed by atoms with Crippen molar-refractivity contribution in [3.8, 4) is 0 Å². The minimum Gasteiger partial charge on any atom is -0.480 e. The SMILES string of the molecule is NCCCC[C@H](NC(=O)[C@H](CS)NC(=O)[C@@H](N)CCC(N)=O)C(=O)O. The predicted molar refractivity (Wildman–Crippen MR) is 94.7 cm³/mol. The first kappa shape index (κ1) is 23.1. The van der Waals surface area contributed by atoms with Crippen molar-refractivity contribution in [3.05, 3.63) is 0 Å². The fraction of sp³-hybridized carbons (Fsp3) is 0.714. The molecular formula is C14H27N5O5S. The Labute approximate surface area is 151 Å². The maximum atomic E-state index is 12.2. The number of hydrogen-bond acceptors (Lipinski definition) is 7. The molecule has 0 aromatic carbocycles. The van der Waals surface area contributed by atoms with Crippen LogP contribution in [-0.4, -0.2) is 59.2 Å². The predicted octanol–water partition coefficient (Wildman–Crippen LogP) is -2.31. The van der Waals surface area contributed by atoms with E-state index in [4.69, 9.17) is 22.3 Å². The Morgan fingerprint density at radius 3 is 2.08 bits per heavy atom. The van der Waals surface area contributed by atoms with E-state index in [1.54, 1.807) is 0 Å². The number of primary amides is 1. The number of carbonyl (C=O) groups excluding carboxylic acids is 3. The average Bonchev–Trinajstić information content (AvgIpc) is 2.55. The smallest absolute Gasteiger partial charge is 0.326 e. The number of carboxylic acids is 1. The summed E-state index contributed by atoms with van der Waals surface area (Å²) in [4.78, 5) is 46.0. The van der Waals surface area contributed by atoms with E-state index >= 15 is 0 Å². The zero-order valence-electron chi connectivity index (χ0n) is 13.9. The number of carboxylic acid groups (broad SMARTS) is 1. The number of nitrogens with two attached hydrogens (primary N) is 3. The Balaban J connectivity index is 4.63. The molecule has 0 aliphatic heterocycles. The van der Waals surface area contributed by atoms with E-state index in [0.717, 1.165) is 0 Å². The molecule has 0 rings (SSSR count). The van der Waals surface area contributed by atoms with Gasteiger partial charge >= 0.3 is 5.97 Å². The van der Waals surface area contributed by atoms with Gasteiger partial charge in [-0.3, -0.25) is 14.4 Å². The van der Waals surface area contributed by atoms with Gasteiger partial charge in [0.05, 0.1) is 6.04 Å². The summed E-state index contributed by atoms with van der Waals surface area (Å²) in [5.41, 5.74) is 16.0. The van der Waals surface area contributed by atoms with Crippen LogP contribution in [0, 0.1) is 0 Å². The van der Waals surface area contributed by atoms with E-state index in [-0.39, 0.29) is 25.0 Å². The molecule has 0 fully saturated rings. The van der Waals surface area contributed by atoms with Gasteiger partial charge in [-0.2, -0.15) is 12.6 Å². The largest absolute Gasteiger partial charge is 0.480 e. The van der Waals surface area contributed by atoms with Gasteiger partial charge in [0.25, 0.3) is 0 Å². The molecule has 10 nitrogen and oxygen atoms in total. The van der Waals surface area contributed by atoms with Gasteiger partial charge in [0.2, 0.25) is 17.7 Å². The van der Waals surface area contributed by atoms with Crippen molar-refractivity contribution in [2.24, 2.45) is 17.2 Å². The van der Waals surface area contributed by atoms with Gasteiger partial charge in [0, 0.05) is 12.2 Å². The normalized spacial score (nSPS) is 14.2. The Kier molecular flexibility index (Phi) is 11.6. The number of nitrogens with one attached hydrogen (secondary N) is 2. The van der Waals surface area contributed by atoms with Crippen molar-refractivity contribution in [3.63, 3.8) is 0 Å². The lowest BCUT2D eigenvalue weighted by atomic mass is 10.1. The average molecular weight is 377 g/mol. The third-order valence-electron chi connectivity index (χ3n) is 3.42. The molecule has 0 heterocycles. The molecule has 3 amide bonds. The summed E-state index contributed by atoms with van der Waals surface area (Å²) in [7, 11) is 0. The maximum absolute atomic E-state index is 12.2. The van der Waals surface area contributed by atoms with E-state index in [9.17, 15) is 19.2 Å². The number of unbranched alkanes of at least 4 members (excludes halogenated alkanes) is 1. The van der Waals surface area contributed by atoms with Gasteiger partial charge in [0.15, 0.2) is 0 Å². The summed E-state index contributed by atoms with van der Waals surface area (Å²) in [6.07, 6.45) is 1.39. The summed E-state index contributed by atoms with van der Waals surface area (Å²) >= 11 is 3.99. The summed E-state index contributed by atoms with van der Waals surface area (Å²) in [5, 5.41) is 13.9. The van der Waals surface area contributed by atoms with Gasteiger partial charge in [-0.1, -0.05) is 0 Å². The highest BCUT2D eigenvalue weighted by Crippen LogP contribution is 2.03. The summed E-state index contributed by atoms with van der Waals surface area (Å²) in [5.74, 6) is -3.13. The number of hydrogen-bond donors (Lipinski definition) is 7. The zero-order chi connectivity index (χ0) is 19.4. The van der Waals surface area contributed by atoms with Crippen molar-refractivity contribution >= 4 is 36.3 Å². The summed E-state index contributed by atoms with van der Waals surface area (Å²) in [6, 6.07) is -3.14. The van der Waals surface area contributed by atoms with Crippen LogP contribution in [0.4, 0.5) is 0 Å². The van der Waals surface area contributed by atoms with Gasteiger partial charge in [-0.05, 0) is 32.2 Å². The zero-order valence-corrected chi connectivity index (χ0v) is 14.8. The molecule has 0 saturated heterocycles. The molecule has 0 saturated carbocycles. The Morgan fingerprint density at radius 1 is 1.00 bits per heavy atom. The molecule has 0 spiro atoms. The molecule has 0 radical (unpaired) electrons. The number of aliphatic carboxylic acids is 1. The Bertz CT molecular complexity index is 477. The highest BCUT2D eigenvalue weighted by Gasteiger charge is 2.26. The number of rotatable bonds is 13. The second kappa shape index (κ2) is 12.5. The van der Waals surface area contributed by atoms with Crippen LogP contribution in [0.5, 0.6) is 0 Å². The molecule has 0 aromatic heterocycles. The highest BCUT2D eigenvalue weighted by atomic mass is 32.1. The topological polar surface area (TPSA) is 191 Å². The number of carbonyl (C=O) groups is 4. The lowest BCUT2D eigenvalue weighted by Gasteiger charge is -2.21. The van der Waals surface area contributed by atoms with Crippen molar-refractivity contribution in [2.75, 3.05) is 12.3 Å². The van der Waals surface area contributed by atoms with E-state index in [2.05, 4.69) is 23.3 Å². The molecule has 0 aliphatic rings. The van der Waals surface area contributed by atoms with Crippen LogP contribution in [0.1, 0.15) is 32.1 Å². The van der Waals surface area contributed by atoms with Crippen LogP contribution < -0.4 is 27.8 Å². The Morgan fingerprint density at radius 2 is 1.60 bits per heavy atom. The molecule has 9 N–H and O–H groups in total. The van der Waals surface area contributed by atoms with Crippen molar-refractivity contribution in [1.29, 1.82) is 0 Å². The van der Waals surface area contributed by atoms with Crippen LogP contribution in [0.15, 0.2) is 0 Å². The molecular weight excluding hydrogens is 350 g/mol. The van der Waals surface area contributed by atoms with Crippen LogP contribution in [0.3, 0.4) is 0 Å². The molecule has 0 bridgehead atoms. The lowest BCUT2D eigenvalue weighted by molar-refractivity contribution is -0.142. The van der Waals surface area contributed by atoms with Gasteiger partial charge < -0.3 is 32.9 Å². The van der Waals surface area contributed by atoms with E-state index < -0.39 is 41.8 Å². The fourth-order valence-electron chi connectivity index (χ4n) is 1.92. The quantitative estimate of drug-likeness (QED) is 0.138. The second-order valence-electron chi connectivity index (χ2n) is 5.54. The highest BCUT2D eigenvalue weighted by molar-refractivity contribution is 7.80. The lowest BCUT2D eigenvalue weighted by Crippen LogP contribution is -2.55. The van der Waals surface area contributed by atoms with E-state index in [0.29, 0.717) is 19.4 Å². The molecule has 0 aromatic rings. The molecule has 3 atom stereocenters. The van der Waals surface area contributed by atoms with Crippen molar-refractivity contribution < 1.29 is 24.3 Å². The number of thiol groups is 1. The molecule has 11 heteroatoms. The summed E-state index contributed by atoms with van der Waals surface area (Å²) < 4.78 is 0. The fourth-order valence-corrected chi connectivity index (χ4v) is 2.18. The van der Waals surface area contributed by atoms with Gasteiger partial charge in [0.1, 0.15) is 12.1 Å². The van der Waals surface area contributed by atoms with Crippen molar-refractivity contribution in [2.45, 2.75) is 50.2 Å². The molecule has 144 valence electrons. The molecule has 0 unspecified atom stereocenters. The van der Waals surface area contributed by atoms with E-state index in [1.165, 1.54) is 0 Å². The monoisotopic (exact) mass is 377 g/mol. The first-order valence-corrected chi connectivity index (χ1v) is 8.54. The van der Waals surface area contributed by atoms with Gasteiger partial charge in [-0.15, -0.1) is 0 Å². The third kappa shape index (κ3) is 9.89. The first-order chi connectivity index (χ1) is 11.7. The first-order valence-electron chi connectivity index (χ1n) is 7.91. The molecule has 25 heavy (non-hydrogen) atoms. The third-order valence-corrected chi connectivity index (χ3v) is 3.78. The van der Waals surface area contributed by atoms with E-state index in [1.807, 2.05) is 0 Å². The van der Waals surface area contributed by atoms with Crippen LogP contribution in [0.2, 0.25) is 0 Å². The summed E-state index contributed by atoms with van der Waals surface area (Å²) in [6.45, 7) is 0.429. The second-order valence-corrected chi connectivity index (χ2v) is 5.90. The molecule has 0 aliphatic carbocycles.